The minimum absolute atomic E-state index is 0.139. The molecule has 0 bridgehead atoms. The number of rotatable bonds is 2. The van der Waals surface area contributed by atoms with Gasteiger partial charge in [0.05, 0.1) is 19.5 Å². The maximum atomic E-state index is 12.4. The van der Waals surface area contributed by atoms with Crippen LogP contribution in [0.15, 0.2) is 23.4 Å². The number of hydrogen-bond acceptors (Lipinski definition) is 5. The van der Waals surface area contributed by atoms with Gasteiger partial charge in [-0.2, -0.15) is 19.4 Å². The van der Waals surface area contributed by atoms with Gasteiger partial charge in [-0.05, 0) is 13.3 Å². The molecule has 3 rings (SSSR count). The van der Waals surface area contributed by atoms with Crippen LogP contribution in [-0.2, 0) is 11.2 Å². The van der Waals surface area contributed by atoms with Crippen LogP contribution >= 0.6 is 0 Å². The first-order valence-electron chi connectivity index (χ1n) is 6.79. The summed E-state index contributed by atoms with van der Waals surface area (Å²) in [5.74, 6) is 0. The number of aromatic amines is 1. The molecule has 3 aromatic rings. The third-order valence-electron chi connectivity index (χ3n) is 3.59. The molecule has 0 amide bonds. The van der Waals surface area contributed by atoms with Crippen molar-refractivity contribution in [3.8, 4) is 11.1 Å². The lowest BCUT2D eigenvalue weighted by Gasteiger charge is -2.04. The topological polar surface area (TPSA) is 94.3 Å². The van der Waals surface area contributed by atoms with E-state index < -0.39 is 6.09 Å². The third-order valence-corrected chi connectivity index (χ3v) is 3.59. The molecule has 0 saturated carbocycles. The second kappa shape index (κ2) is 5.14. The van der Waals surface area contributed by atoms with Crippen LogP contribution < -0.4 is 5.56 Å². The van der Waals surface area contributed by atoms with E-state index in [1.165, 1.54) is 24.0 Å². The minimum atomic E-state index is -0.583. The van der Waals surface area contributed by atoms with Crippen LogP contribution in [0.4, 0.5) is 4.79 Å². The van der Waals surface area contributed by atoms with E-state index >= 15 is 0 Å². The van der Waals surface area contributed by atoms with E-state index in [9.17, 15) is 9.59 Å². The molecular weight excluding hydrogens is 286 g/mol. The van der Waals surface area contributed by atoms with E-state index in [2.05, 4.69) is 19.9 Å². The second-order valence-corrected chi connectivity index (χ2v) is 4.85. The molecule has 3 heterocycles. The number of carbonyl (C=O) groups excluding carboxylic acids is 1. The predicted molar refractivity (Wildman–Crippen MR) is 79.0 cm³/mol. The second-order valence-electron chi connectivity index (χ2n) is 4.85. The maximum Gasteiger partial charge on any atom is 0.434 e. The molecule has 0 atom stereocenters. The molecule has 114 valence electrons. The average molecular weight is 301 g/mol. The summed E-state index contributed by atoms with van der Waals surface area (Å²) in [5, 5.41) is 8.08. The highest BCUT2D eigenvalue weighted by molar-refractivity contribution is 5.78. The maximum absolute atomic E-state index is 12.4. The van der Waals surface area contributed by atoms with Crippen LogP contribution in [0.2, 0.25) is 0 Å². The first-order valence-corrected chi connectivity index (χ1v) is 6.79. The van der Waals surface area contributed by atoms with E-state index in [0.717, 1.165) is 10.4 Å². The van der Waals surface area contributed by atoms with E-state index in [-0.39, 0.29) is 5.56 Å². The first-order chi connectivity index (χ1) is 10.6. The zero-order valence-corrected chi connectivity index (χ0v) is 12.5. The number of nitrogens with zero attached hydrogens (tertiary/aromatic N) is 4. The van der Waals surface area contributed by atoms with Crippen LogP contribution in [0.1, 0.15) is 18.2 Å². The molecule has 1 N–H and O–H groups in total. The Balaban J connectivity index is 2.19. The van der Waals surface area contributed by atoms with Crippen molar-refractivity contribution in [2.45, 2.75) is 20.3 Å². The highest BCUT2D eigenvalue weighted by Crippen LogP contribution is 2.22. The molecule has 0 saturated heterocycles. The fourth-order valence-electron chi connectivity index (χ4n) is 2.45. The summed E-state index contributed by atoms with van der Waals surface area (Å²) in [4.78, 5) is 27.0. The fourth-order valence-corrected chi connectivity index (χ4v) is 2.45. The van der Waals surface area contributed by atoms with E-state index in [0.29, 0.717) is 28.8 Å². The Labute approximate surface area is 125 Å². The van der Waals surface area contributed by atoms with Gasteiger partial charge < -0.3 is 9.72 Å². The summed E-state index contributed by atoms with van der Waals surface area (Å²) in [6.45, 7) is 3.78. The number of aryl methyl sites for hydroxylation is 1. The van der Waals surface area contributed by atoms with Gasteiger partial charge in [-0.15, -0.1) is 0 Å². The number of nitrogens with one attached hydrogen (secondary N) is 1. The van der Waals surface area contributed by atoms with Crippen molar-refractivity contribution in [3.05, 3.63) is 40.2 Å². The fraction of sp³-hybridized carbons (Fsp3) is 0.286. The van der Waals surface area contributed by atoms with Crippen LogP contribution in [0.3, 0.4) is 0 Å². The number of methoxy groups -OCH3 is 1. The standard InChI is InChI=1S/C14H15N5O3/c1-4-10-8(2)17-12-11(6-16-19(12)13(10)20)9-5-15-18(7-9)14(21)22-3/h5-7,17H,4H2,1-3H3. The number of ether oxygens (including phenoxy) is 1. The molecule has 0 aromatic carbocycles. The lowest BCUT2D eigenvalue weighted by molar-refractivity contribution is 0.169. The molecule has 0 spiro atoms. The van der Waals surface area contributed by atoms with Crippen LogP contribution in [0, 0.1) is 6.92 Å². The van der Waals surface area contributed by atoms with Gasteiger partial charge in [0.25, 0.3) is 5.56 Å². The lowest BCUT2D eigenvalue weighted by atomic mass is 10.1. The molecule has 3 aromatic heterocycles. The van der Waals surface area contributed by atoms with Crippen LogP contribution in [-0.4, -0.2) is 37.6 Å². The molecule has 0 fully saturated rings. The zero-order chi connectivity index (χ0) is 15.9. The Morgan fingerprint density at radius 3 is 2.82 bits per heavy atom. The van der Waals surface area contributed by atoms with Crippen molar-refractivity contribution in [1.29, 1.82) is 0 Å². The Morgan fingerprint density at radius 1 is 1.36 bits per heavy atom. The third kappa shape index (κ3) is 2.00. The lowest BCUT2D eigenvalue weighted by Crippen LogP contribution is -2.21. The Hall–Kier alpha value is -2.90. The molecule has 8 heteroatoms. The largest absolute Gasteiger partial charge is 0.451 e. The first kappa shape index (κ1) is 14.1. The SMILES string of the molecule is CCc1c(C)[nH]c2c(-c3cnn(C(=O)OC)c3)cnn2c1=O. The van der Waals surface area contributed by atoms with Gasteiger partial charge in [0, 0.05) is 28.6 Å². The van der Waals surface area contributed by atoms with Crippen molar-refractivity contribution in [2.24, 2.45) is 0 Å². The molecule has 22 heavy (non-hydrogen) atoms. The molecule has 8 nitrogen and oxygen atoms in total. The number of H-pyrrole nitrogens is 1. The van der Waals surface area contributed by atoms with Crippen molar-refractivity contribution in [3.63, 3.8) is 0 Å². The molecule has 0 aliphatic heterocycles. The van der Waals surface area contributed by atoms with Crippen molar-refractivity contribution >= 4 is 11.7 Å². The highest BCUT2D eigenvalue weighted by Gasteiger charge is 2.16. The Morgan fingerprint density at radius 2 is 2.14 bits per heavy atom. The van der Waals surface area contributed by atoms with E-state index in [1.807, 2.05) is 13.8 Å². The van der Waals surface area contributed by atoms with Crippen LogP contribution in [0.5, 0.6) is 0 Å². The van der Waals surface area contributed by atoms with Gasteiger partial charge in [-0.25, -0.2) is 4.79 Å². The zero-order valence-electron chi connectivity index (χ0n) is 12.5. The summed E-state index contributed by atoms with van der Waals surface area (Å²) in [7, 11) is 1.28. The minimum Gasteiger partial charge on any atom is -0.451 e. The predicted octanol–water partition coefficient (Wildman–Crippen LogP) is 1.37. The molecule has 0 unspecified atom stereocenters. The Kier molecular flexibility index (Phi) is 3.28. The molecule has 0 radical (unpaired) electrons. The van der Waals surface area contributed by atoms with E-state index in [1.54, 1.807) is 6.20 Å². The molecule has 0 aliphatic rings. The van der Waals surface area contributed by atoms with E-state index in [4.69, 9.17) is 0 Å². The average Bonchev–Trinajstić information content (AvgIpc) is 3.13. The Bertz CT molecular complexity index is 918. The number of hydrogen-bond donors (Lipinski definition) is 1. The molecule has 0 aliphatic carbocycles. The van der Waals surface area contributed by atoms with Gasteiger partial charge >= 0.3 is 6.09 Å². The highest BCUT2D eigenvalue weighted by atomic mass is 16.5. The van der Waals surface area contributed by atoms with Crippen molar-refractivity contribution in [1.82, 2.24) is 24.4 Å². The normalized spacial score (nSPS) is 11.0. The monoisotopic (exact) mass is 301 g/mol. The van der Waals surface area contributed by atoms with Crippen molar-refractivity contribution in [2.75, 3.05) is 7.11 Å². The van der Waals surface area contributed by atoms with Gasteiger partial charge in [0.1, 0.15) is 5.65 Å². The quantitative estimate of drug-likeness (QED) is 0.771. The summed E-state index contributed by atoms with van der Waals surface area (Å²) >= 11 is 0. The number of aromatic nitrogens is 5. The molecular formula is C14H15N5O3. The number of carbonyl (C=O) groups is 1. The summed E-state index contributed by atoms with van der Waals surface area (Å²) < 4.78 is 7.02. The van der Waals surface area contributed by atoms with Crippen LogP contribution in [0.25, 0.3) is 16.8 Å². The van der Waals surface area contributed by atoms with Gasteiger partial charge in [0.2, 0.25) is 0 Å². The summed E-state index contributed by atoms with van der Waals surface area (Å²) in [6.07, 6.45) is 4.68. The number of fused-ring (bicyclic) bond motifs is 1. The summed E-state index contributed by atoms with van der Waals surface area (Å²) in [5.41, 5.74) is 3.30. The van der Waals surface area contributed by atoms with Gasteiger partial charge in [0.15, 0.2) is 0 Å². The van der Waals surface area contributed by atoms with Gasteiger partial charge in [-0.3, -0.25) is 4.79 Å². The summed E-state index contributed by atoms with van der Waals surface area (Å²) in [6, 6.07) is 0. The van der Waals surface area contributed by atoms with Gasteiger partial charge in [-0.1, -0.05) is 6.92 Å². The van der Waals surface area contributed by atoms with Crippen molar-refractivity contribution < 1.29 is 9.53 Å². The smallest absolute Gasteiger partial charge is 0.434 e.